The Morgan fingerprint density at radius 1 is 1.58 bits per heavy atom. The molecule has 0 radical (unpaired) electrons. The SMILES string of the molecule is C#CCNCCc1ccc(Cl)s1. The number of rotatable bonds is 4. The van der Waals surface area contributed by atoms with Crippen LogP contribution in [0.1, 0.15) is 4.88 Å². The van der Waals surface area contributed by atoms with E-state index in [0.29, 0.717) is 6.54 Å². The van der Waals surface area contributed by atoms with Crippen molar-refractivity contribution in [3.8, 4) is 12.3 Å². The summed E-state index contributed by atoms with van der Waals surface area (Å²) in [5.74, 6) is 2.53. The lowest BCUT2D eigenvalue weighted by Gasteiger charge is -1.96. The summed E-state index contributed by atoms with van der Waals surface area (Å²) in [5.41, 5.74) is 0. The van der Waals surface area contributed by atoms with Gasteiger partial charge in [0.2, 0.25) is 0 Å². The van der Waals surface area contributed by atoms with Gasteiger partial charge in [-0.3, -0.25) is 0 Å². The Labute approximate surface area is 81.7 Å². The molecule has 12 heavy (non-hydrogen) atoms. The Morgan fingerprint density at radius 2 is 2.42 bits per heavy atom. The highest BCUT2D eigenvalue weighted by Crippen LogP contribution is 2.21. The number of nitrogens with one attached hydrogen (secondary N) is 1. The van der Waals surface area contributed by atoms with Gasteiger partial charge in [0.1, 0.15) is 0 Å². The third-order valence-electron chi connectivity index (χ3n) is 1.40. The highest BCUT2D eigenvalue weighted by Gasteiger charge is 1.96. The fraction of sp³-hybridized carbons (Fsp3) is 0.333. The standard InChI is InChI=1S/C9H10ClNS/c1-2-6-11-7-5-8-3-4-9(10)12-8/h1,3-4,11H,5-7H2. The van der Waals surface area contributed by atoms with Crippen molar-refractivity contribution in [2.45, 2.75) is 6.42 Å². The second-order valence-electron chi connectivity index (χ2n) is 2.34. The molecule has 0 saturated carbocycles. The average Bonchev–Trinajstić information content (AvgIpc) is 2.45. The summed E-state index contributed by atoms with van der Waals surface area (Å²) >= 11 is 7.39. The van der Waals surface area contributed by atoms with Crippen LogP contribution in [-0.2, 0) is 6.42 Å². The fourth-order valence-electron chi connectivity index (χ4n) is 0.858. The number of terminal acetylenes is 1. The summed E-state index contributed by atoms with van der Waals surface area (Å²) in [6.07, 6.45) is 6.08. The predicted molar refractivity (Wildman–Crippen MR) is 54.7 cm³/mol. The van der Waals surface area contributed by atoms with Crippen LogP contribution in [0, 0.1) is 12.3 Å². The molecular formula is C9H10ClNS. The molecule has 0 aliphatic carbocycles. The first-order chi connectivity index (χ1) is 5.83. The molecule has 0 saturated heterocycles. The molecular weight excluding hydrogens is 190 g/mol. The van der Waals surface area contributed by atoms with Gasteiger partial charge in [-0.2, -0.15) is 0 Å². The summed E-state index contributed by atoms with van der Waals surface area (Å²) in [6.45, 7) is 1.56. The molecule has 0 atom stereocenters. The van der Waals surface area contributed by atoms with Crippen molar-refractivity contribution < 1.29 is 0 Å². The van der Waals surface area contributed by atoms with E-state index in [1.165, 1.54) is 4.88 Å². The molecule has 0 aromatic carbocycles. The lowest BCUT2D eigenvalue weighted by atomic mass is 10.3. The van der Waals surface area contributed by atoms with Crippen LogP contribution in [0.5, 0.6) is 0 Å². The Balaban J connectivity index is 2.21. The van der Waals surface area contributed by atoms with Gasteiger partial charge in [-0.15, -0.1) is 17.8 Å². The van der Waals surface area contributed by atoms with Crippen LogP contribution in [-0.4, -0.2) is 13.1 Å². The van der Waals surface area contributed by atoms with Gasteiger partial charge in [0.15, 0.2) is 0 Å². The fourth-order valence-corrected chi connectivity index (χ4v) is 1.95. The Bertz CT molecular complexity index is 274. The van der Waals surface area contributed by atoms with Crippen molar-refractivity contribution in [2.24, 2.45) is 0 Å². The quantitative estimate of drug-likeness (QED) is 0.579. The van der Waals surface area contributed by atoms with Gasteiger partial charge in [-0.05, 0) is 18.6 Å². The minimum Gasteiger partial charge on any atom is -0.306 e. The molecule has 3 heteroatoms. The largest absolute Gasteiger partial charge is 0.306 e. The maximum atomic E-state index is 5.77. The van der Waals surface area contributed by atoms with E-state index in [1.54, 1.807) is 11.3 Å². The second kappa shape index (κ2) is 5.21. The molecule has 1 N–H and O–H groups in total. The lowest BCUT2D eigenvalue weighted by molar-refractivity contribution is 0.759. The average molecular weight is 200 g/mol. The first kappa shape index (κ1) is 9.60. The minimum absolute atomic E-state index is 0.638. The van der Waals surface area contributed by atoms with Crippen molar-refractivity contribution in [1.82, 2.24) is 5.32 Å². The summed E-state index contributed by atoms with van der Waals surface area (Å²) in [7, 11) is 0. The van der Waals surface area contributed by atoms with Crippen LogP contribution in [0.2, 0.25) is 4.34 Å². The Morgan fingerprint density at radius 3 is 3.00 bits per heavy atom. The zero-order chi connectivity index (χ0) is 8.81. The van der Waals surface area contributed by atoms with E-state index in [9.17, 15) is 0 Å². The maximum absolute atomic E-state index is 5.77. The summed E-state index contributed by atoms with van der Waals surface area (Å²) in [5, 5.41) is 3.12. The first-order valence-corrected chi connectivity index (χ1v) is 4.91. The van der Waals surface area contributed by atoms with E-state index in [-0.39, 0.29) is 0 Å². The number of hydrogen-bond donors (Lipinski definition) is 1. The summed E-state index contributed by atoms with van der Waals surface area (Å²) < 4.78 is 0.849. The van der Waals surface area contributed by atoms with Crippen LogP contribution in [0.4, 0.5) is 0 Å². The molecule has 1 aromatic rings. The highest BCUT2D eigenvalue weighted by atomic mass is 35.5. The van der Waals surface area contributed by atoms with E-state index < -0.39 is 0 Å². The van der Waals surface area contributed by atoms with Crippen molar-refractivity contribution in [2.75, 3.05) is 13.1 Å². The van der Waals surface area contributed by atoms with E-state index in [2.05, 4.69) is 11.2 Å². The van der Waals surface area contributed by atoms with Crippen LogP contribution >= 0.6 is 22.9 Å². The highest BCUT2D eigenvalue weighted by molar-refractivity contribution is 7.16. The first-order valence-electron chi connectivity index (χ1n) is 3.71. The zero-order valence-corrected chi connectivity index (χ0v) is 8.21. The van der Waals surface area contributed by atoms with Crippen molar-refractivity contribution in [1.29, 1.82) is 0 Å². The number of halogens is 1. The molecule has 0 bridgehead atoms. The van der Waals surface area contributed by atoms with Gasteiger partial charge in [0.25, 0.3) is 0 Å². The van der Waals surface area contributed by atoms with Crippen LogP contribution in [0.25, 0.3) is 0 Å². The molecule has 0 aliphatic rings. The van der Waals surface area contributed by atoms with Gasteiger partial charge in [0, 0.05) is 11.4 Å². The molecule has 0 aliphatic heterocycles. The van der Waals surface area contributed by atoms with Gasteiger partial charge in [-0.1, -0.05) is 17.5 Å². The molecule has 1 aromatic heterocycles. The van der Waals surface area contributed by atoms with E-state index in [0.717, 1.165) is 17.3 Å². The topological polar surface area (TPSA) is 12.0 Å². The Hall–Kier alpha value is -0.490. The van der Waals surface area contributed by atoms with Crippen LogP contribution in [0.15, 0.2) is 12.1 Å². The van der Waals surface area contributed by atoms with E-state index in [4.69, 9.17) is 18.0 Å². The molecule has 1 rings (SSSR count). The minimum atomic E-state index is 0.638. The monoisotopic (exact) mass is 199 g/mol. The molecule has 0 amide bonds. The molecule has 1 heterocycles. The summed E-state index contributed by atoms with van der Waals surface area (Å²) in [6, 6.07) is 3.97. The predicted octanol–water partition coefficient (Wildman–Crippen LogP) is 2.17. The van der Waals surface area contributed by atoms with Gasteiger partial charge < -0.3 is 5.32 Å². The third-order valence-corrected chi connectivity index (χ3v) is 2.70. The van der Waals surface area contributed by atoms with Crippen LogP contribution < -0.4 is 5.32 Å². The van der Waals surface area contributed by atoms with E-state index in [1.807, 2.05) is 12.1 Å². The normalized spacial score (nSPS) is 9.67. The molecule has 1 nitrogen and oxygen atoms in total. The summed E-state index contributed by atoms with van der Waals surface area (Å²) in [4.78, 5) is 1.30. The zero-order valence-electron chi connectivity index (χ0n) is 6.64. The van der Waals surface area contributed by atoms with Crippen molar-refractivity contribution in [3.63, 3.8) is 0 Å². The second-order valence-corrected chi connectivity index (χ2v) is 4.14. The molecule has 64 valence electrons. The lowest BCUT2D eigenvalue weighted by Crippen LogP contribution is -2.16. The van der Waals surface area contributed by atoms with Gasteiger partial charge in [-0.25, -0.2) is 0 Å². The number of hydrogen-bond acceptors (Lipinski definition) is 2. The van der Waals surface area contributed by atoms with Crippen LogP contribution in [0.3, 0.4) is 0 Å². The molecule has 0 fully saturated rings. The number of thiophene rings is 1. The Kier molecular flexibility index (Phi) is 4.16. The van der Waals surface area contributed by atoms with Crippen molar-refractivity contribution >= 4 is 22.9 Å². The maximum Gasteiger partial charge on any atom is 0.0931 e. The van der Waals surface area contributed by atoms with Gasteiger partial charge in [0.05, 0.1) is 10.9 Å². The van der Waals surface area contributed by atoms with Crippen molar-refractivity contribution in [3.05, 3.63) is 21.3 Å². The molecule has 0 spiro atoms. The smallest absolute Gasteiger partial charge is 0.0931 e. The third kappa shape index (κ3) is 3.27. The van der Waals surface area contributed by atoms with E-state index >= 15 is 0 Å². The molecule has 0 unspecified atom stereocenters. The van der Waals surface area contributed by atoms with Gasteiger partial charge >= 0.3 is 0 Å².